The quantitative estimate of drug-likeness (QED) is 0.569. The number of hydrogen-bond donors (Lipinski definition) is 2. The van der Waals surface area contributed by atoms with Gasteiger partial charge >= 0.3 is 5.97 Å². The number of nitrogens with zero attached hydrogens (tertiary/aromatic N) is 1. The lowest BCUT2D eigenvalue weighted by molar-refractivity contribution is -0.120. The first-order valence-electron chi connectivity index (χ1n) is 6.68. The van der Waals surface area contributed by atoms with Crippen LogP contribution in [0, 0.1) is 0 Å². The number of nitrogens with one attached hydrogen (secondary N) is 1. The van der Waals surface area contributed by atoms with Crippen molar-refractivity contribution in [3.63, 3.8) is 0 Å². The van der Waals surface area contributed by atoms with Gasteiger partial charge in [-0.25, -0.2) is 9.78 Å². The van der Waals surface area contributed by atoms with Crippen LogP contribution >= 0.6 is 11.8 Å². The smallest absolute Gasteiger partial charge is 0.337 e. The Labute approximate surface area is 123 Å². The molecule has 0 saturated carbocycles. The molecule has 6 heteroatoms. The second-order valence-corrected chi connectivity index (χ2v) is 5.81. The zero-order chi connectivity index (χ0) is 15.0. The summed E-state index contributed by atoms with van der Waals surface area (Å²) in [5.41, 5.74) is 0.144. The zero-order valence-electron chi connectivity index (χ0n) is 11.8. The van der Waals surface area contributed by atoms with Gasteiger partial charge in [-0.3, -0.25) is 4.79 Å². The number of aromatic nitrogens is 1. The third-order valence-electron chi connectivity index (χ3n) is 2.73. The van der Waals surface area contributed by atoms with Crippen molar-refractivity contribution in [2.24, 2.45) is 0 Å². The van der Waals surface area contributed by atoms with Gasteiger partial charge < -0.3 is 10.4 Å². The summed E-state index contributed by atoms with van der Waals surface area (Å²) in [6.07, 6.45) is 4.53. The molecular weight excluding hydrogens is 276 g/mol. The third kappa shape index (κ3) is 5.61. The van der Waals surface area contributed by atoms with Crippen LogP contribution in [0.5, 0.6) is 0 Å². The van der Waals surface area contributed by atoms with Crippen LogP contribution in [-0.4, -0.2) is 33.8 Å². The topological polar surface area (TPSA) is 79.3 Å². The number of rotatable bonds is 8. The minimum absolute atomic E-state index is 0.0183. The Kier molecular flexibility index (Phi) is 7.08. The van der Waals surface area contributed by atoms with E-state index in [1.54, 1.807) is 6.07 Å². The average molecular weight is 296 g/mol. The van der Waals surface area contributed by atoms with Gasteiger partial charge in [-0.05, 0) is 25.5 Å². The van der Waals surface area contributed by atoms with Gasteiger partial charge in [0, 0.05) is 12.7 Å². The van der Waals surface area contributed by atoms with Crippen LogP contribution in [0.2, 0.25) is 0 Å². The van der Waals surface area contributed by atoms with Crippen LogP contribution < -0.4 is 5.32 Å². The van der Waals surface area contributed by atoms with Crippen LogP contribution in [0.1, 0.15) is 43.5 Å². The second kappa shape index (κ2) is 8.58. The first kappa shape index (κ1) is 16.5. The minimum Gasteiger partial charge on any atom is -0.478 e. The molecule has 1 aromatic heterocycles. The lowest BCUT2D eigenvalue weighted by Gasteiger charge is -2.11. The van der Waals surface area contributed by atoms with Gasteiger partial charge in [0.15, 0.2) is 0 Å². The molecule has 0 bridgehead atoms. The summed E-state index contributed by atoms with van der Waals surface area (Å²) in [5.74, 6) is -1.02. The van der Waals surface area contributed by atoms with Crippen LogP contribution in [-0.2, 0) is 4.79 Å². The van der Waals surface area contributed by atoms with Gasteiger partial charge in [0.2, 0.25) is 5.91 Å². The molecule has 0 aliphatic heterocycles. The molecule has 0 radical (unpaired) electrons. The van der Waals surface area contributed by atoms with E-state index < -0.39 is 5.97 Å². The fourth-order valence-corrected chi connectivity index (χ4v) is 2.35. The summed E-state index contributed by atoms with van der Waals surface area (Å²) in [6.45, 7) is 4.63. The Bertz CT molecular complexity index is 448. The Balaban J connectivity index is 2.42. The van der Waals surface area contributed by atoms with Crippen molar-refractivity contribution in [1.29, 1.82) is 0 Å². The Hall–Kier alpha value is -1.56. The molecule has 5 nitrogen and oxygen atoms in total. The standard InChI is InChI=1S/C14H20N2O3S/c1-3-4-5-8-15-13(17)10(2)20-12-7-6-11(9-16-12)14(18)19/h6-7,9-10H,3-5,8H2,1-2H3,(H,15,17)(H,18,19). The normalized spacial score (nSPS) is 11.9. The largest absolute Gasteiger partial charge is 0.478 e. The molecule has 110 valence electrons. The SMILES string of the molecule is CCCCCNC(=O)C(C)Sc1ccc(C(=O)O)cn1. The first-order chi connectivity index (χ1) is 9.54. The van der Waals surface area contributed by atoms with Gasteiger partial charge in [-0.2, -0.15) is 0 Å². The van der Waals surface area contributed by atoms with E-state index in [0.717, 1.165) is 19.3 Å². The fraction of sp³-hybridized carbons (Fsp3) is 0.500. The molecule has 1 aromatic rings. The summed E-state index contributed by atoms with van der Waals surface area (Å²) in [6, 6.07) is 3.11. The monoisotopic (exact) mass is 296 g/mol. The lowest BCUT2D eigenvalue weighted by atomic mass is 10.2. The predicted molar refractivity (Wildman–Crippen MR) is 79.1 cm³/mol. The maximum Gasteiger partial charge on any atom is 0.337 e. The molecular formula is C14H20N2O3S. The van der Waals surface area contributed by atoms with Crippen LogP contribution in [0.15, 0.2) is 23.4 Å². The molecule has 1 atom stereocenters. The Morgan fingerprint density at radius 2 is 2.15 bits per heavy atom. The number of unbranched alkanes of at least 4 members (excludes halogenated alkanes) is 2. The maximum atomic E-state index is 11.8. The number of carbonyl (C=O) groups excluding carboxylic acids is 1. The number of aromatic carboxylic acids is 1. The van der Waals surface area contributed by atoms with Crippen molar-refractivity contribution in [3.05, 3.63) is 23.9 Å². The molecule has 1 amide bonds. The van der Waals surface area contributed by atoms with E-state index in [1.807, 2.05) is 6.92 Å². The van der Waals surface area contributed by atoms with E-state index in [0.29, 0.717) is 11.6 Å². The summed E-state index contributed by atoms with van der Waals surface area (Å²) >= 11 is 1.32. The van der Waals surface area contributed by atoms with Crippen molar-refractivity contribution >= 4 is 23.6 Å². The van der Waals surface area contributed by atoms with E-state index in [1.165, 1.54) is 24.0 Å². The highest BCUT2D eigenvalue weighted by atomic mass is 32.2. The highest BCUT2D eigenvalue weighted by Crippen LogP contribution is 2.21. The van der Waals surface area contributed by atoms with E-state index >= 15 is 0 Å². The third-order valence-corrected chi connectivity index (χ3v) is 3.78. The zero-order valence-corrected chi connectivity index (χ0v) is 12.6. The number of amides is 1. The Morgan fingerprint density at radius 1 is 1.40 bits per heavy atom. The minimum atomic E-state index is -1.00. The van der Waals surface area contributed by atoms with Crippen molar-refractivity contribution in [2.45, 2.75) is 43.4 Å². The van der Waals surface area contributed by atoms with Crippen molar-refractivity contribution < 1.29 is 14.7 Å². The molecule has 0 aromatic carbocycles. The molecule has 20 heavy (non-hydrogen) atoms. The van der Waals surface area contributed by atoms with Gasteiger partial charge in [-0.15, -0.1) is 0 Å². The molecule has 0 spiro atoms. The number of carbonyl (C=O) groups is 2. The highest BCUT2D eigenvalue weighted by molar-refractivity contribution is 8.00. The molecule has 0 saturated heterocycles. The average Bonchev–Trinajstić information content (AvgIpc) is 2.44. The van der Waals surface area contributed by atoms with Gasteiger partial charge in [0.25, 0.3) is 0 Å². The number of pyridine rings is 1. The second-order valence-electron chi connectivity index (χ2n) is 4.45. The van der Waals surface area contributed by atoms with Gasteiger partial charge in [0.05, 0.1) is 15.8 Å². The first-order valence-corrected chi connectivity index (χ1v) is 7.56. The number of hydrogen-bond acceptors (Lipinski definition) is 4. The lowest BCUT2D eigenvalue weighted by Crippen LogP contribution is -2.31. The molecule has 0 aliphatic carbocycles. The van der Waals surface area contributed by atoms with Crippen molar-refractivity contribution in [2.75, 3.05) is 6.54 Å². The molecule has 1 unspecified atom stereocenters. The van der Waals surface area contributed by atoms with Crippen LogP contribution in [0.25, 0.3) is 0 Å². The number of carboxylic acids is 1. The molecule has 2 N–H and O–H groups in total. The molecule has 0 fully saturated rings. The molecule has 0 aliphatic rings. The van der Waals surface area contributed by atoms with Crippen molar-refractivity contribution in [1.82, 2.24) is 10.3 Å². The number of carboxylic acid groups (broad SMARTS) is 1. The van der Waals surface area contributed by atoms with E-state index in [2.05, 4.69) is 17.2 Å². The molecule has 1 rings (SSSR count). The highest BCUT2D eigenvalue weighted by Gasteiger charge is 2.14. The van der Waals surface area contributed by atoms with Gasteiger partial charge in [0.1, 0.15) is 0 Å². The van der Waals surface area contributed by atoms with Crippen LogP contribution in [0.4, 0.5) is 0 Å². The van der Waals surface area contributed by atoms with E-state index in [-0.39, 0.29) is 16.7 Å². The molecule has 1 heterocycles. The number of thioether (sulfide) groups is 1. The van der Waals surface area contributed by atoms with E-state index in [4.69, 9.17) is 5.11 Å². The summed E-state index contributed by atoms with van der Waals surface area (Å²) in [7, 11) is 0. The van der Waals surface area contributed by atoms with Gasteiger partial charge in [-0.1, -0.05) is 31.5 Å². The fourth-order valence-electron chi connectivity index (χ4n) is 1.54. The Morgan fingerprint density at radius 3 is 2.70 bits per heavy atom. The maximum absolute atomic E-state index is 11.8. The van der Waals surface area contributed by atoms with Crippen LogP contribution in [0.3, 0.4) is 0 Å². The van der Waals surface area contributed by atoms with E-state index in [9.17, 15) is 9.59 Å². The summed E-state index contributed by atoms with van der Waals surface area (Å²) in [5, 5.41) is 12.1. The summed E-state index contributed by atoms with van der Waals surface area (Å²) in [4.78, 5) is 26.6. The van der Waals surface area contributed by atoms with Crippen molar-refractivity contribution in [3.8, 4) is 0 Å². The predicted octanol–water partition coefficient (Wildman–Crippen LogP) is 2.57. The summed E-state index contributed by atoms with van der Waals surface area (Å²) < 4.78 is 0.